The lowest BCUT2D eigenvalue weighted by Gasteiger charge is -2.23. The molecule has 0 heterocycles. The Morgan fingerprint density at radius 1 is 1.36 bits per heavy atom. The molecule has 0 saturated heterocycles. The van der Waals surface area contributed by atoms with Gasteiger partial charge in [-0.3, -0.25) is 0 Å². The van der Waals surface area contributed by atoms with Gasteiger partial charge in [-0.05, 0) is 24.6 Å². The van der Waals surface area contributed by atoms with Gasteiger partial charge < -0.3 is 5.11 Å². The third-order valence-corrected chi connectivity index (χ3v) is 2.27. The summed E-state index contributed by atoms with van der Waals surface area (Å²) in [7, 11) is 0. The lowest BCUT2D eigenvalue weighted by Crippen LogP contribution is -2.24. The smallest absolute Gasteiger partial charge is 0.241 e. The van der Waals surface area contributed by atoms with E-state index in [4.69, 9.17) is 11.6 Å². The first-order valence-electron chi connectivity index (χ1n) is 4.18. The lowest BCUT2D eigenvalue weighted by atomic mass is 9.93. The van der Waals surface area contributed by atoms with Crippen molar-refractivity contribution < 1.29 is 13.9 Å². The van der Waals surface area contributed by atoms with E-state index in [-0.39, 0.29) is 0 Å². The monoisotopic (exact) mass is 220 g/mol. The van der Waals surface area contributed by atoms with Crippen molar-refractivity contribution >= 4 is 11.6 Å². The van der Waals surface area contributed by atoms with Gasteiger partial charge >= 0.3 is 0 Å². The Bertz CT molecular complexity index is 295. The van der Waals surface area contributed by atoms with E-state index in [1.54, 1.807) is 24.3 Å². The second-order valence-electron chi connectivity index (χ2n) is 3.38. The largest absolute Gasteiger partial charge is 0.385 e. The Morgan fingerprint density at radius 3 is 2.29 bits per heavy atom. The second-order valence-corrected chi connectivity index (χ2v) is 3.81. The van der Waals surface area contributed by atoms with Crippen LogP contribution in [0, 0.1) is 0 Å². The van der Waals surface area contributed by atoms with Crippen LogP contribution in [0.1, 0.15) is 18.9 Å². The fourth-order valence-electron chi connectivity index (χ4n) is 1.23. The van der Waals surface area contributed by atoms with Crippen molar-refractivity contribution in [2.45, 2.75) is 25.4 Å². The summed E-state index contributed by atoms with van der Waals surface area (Å²) in [4.78, 5) is 0. The maximum absolute atomic E-state index is 12.1. The predicted octanol–water partition coefficient (Wildman–Crippen LogP) is 3.20. The minimum atomic E-state index is -2.53. The standard InChI is InChI=1S/C10H11ClF2O/c1-10(14,6-9(12)13)7-2-4-8(11)5-3-7/h2-5,9,14H,6H2,1H3. The third kappa shape index (κ3) is 2.93. The van der Waals surface area contributed by atoms with Crippen LogP contribution in [0.25, 0.3) is 0 Å². The highest BCUT2D eigenvalue weighted by atomic mass is 35.5. The van der Waals surface area contributed by atoms with Crippen LogP contribution in [-0.4, -0.2) is 11.5 Å². The first kappa shape index (κ1) is 11.4. The minimum Gasteiger partial charge on any atom is -0.385 e. The van der Waals surface area contributed by atoms with Gasteiger partial charge in [-0.25, -0.2) is 8.78 Å². The van der Waals surface area contributed by atoms with Gasteiger partial charge in [-0.1, -0.05) is 23.7 Å². The van der Waals surface area contributed by atoms with E-state index in [2.05, 4.69) is 0 Å². The summed E-state index contributed by atoms with van der Waals surface area (Å²) < 4.78 is 24.2. The molecule has 0 aliphatic rings. The van der Waals surface area contributed by atoms with Gasteiger partial charge in [0.15, 0.2) is 0 Å². The highest BCUT2D eigenvalue weighted by Crippen LogP contribution is 2.28. The minimum absolute atomic E-state index is 0.446. The van der Waals surface area contributed by atoms with Crippen LogP contribution in [-0.2, 0) is 5.60 Å². The van der Waals surface area contributed by atoms with Crippen LogP contribution in [0.4, 0.5) is 8.78 Å². The Morgan fingerprint density at radius 2 is 1.86 bits per heavy atom. The topological polar surface area (TPSA) is 20.2 Å². The molecule has 0 aliphatic heterocycles. The molecular formula is C10H11ClF2O. The van der Waals surface area contributed by atoms with Crippen molar-refractivity contribution in [1.82, 2.24) is 0 Å². The SMILES string of the molecule is CC(O)(CC(F)F)c1ccc(Cl)cc1. The summed E-state index contributed by atoms with van der Waals surface area (Å²) in [5.41, 5.74) is -1.05. The Hall–Kier alpha value is -0.670. The molecule has 0 amide bonds. The van der Waals surface area contributed by atoms with Crippen molar-refractivity contribution in [2.24, 2.45) is 0 Å². The van der Waals surface area contributed by atoms with Crippen molar-refractivity contribution in [3.63, 3.8) is 0 Å². The molecule has 1 atom stereocenters. The first-order chi connectivity index (χ1) is 6.42. The number of rotatable bonds is 3. The molecule has 1 unspecified atom stereocenters. The molecule has 0 bridgehead atoms. The van der Waals surface area contributed by atoms with Crippen LogP contribution in [0.5, 0.6) is 0 Å². The van der Waals surface area contributed by atoms with Crippen LogP contribution in [0.15, 0.2) is 24.3 Å². The van der Waals surface area contributed by atoms with Crippen LogP contribution in [0.2, 0.25) is 5.02 Å². The Kier molecular flexibility index (Phi) is 3.45. The molecule has 1 aromatic carbocycles. The van der Waals surface area contributed by atoms with Crippen molar-refractivity contribution in [3.05, 3.63) is 34.9 Å². The quantitative estimate of drug-likeness (QED) is 0.830. The molecule has 0 saturated carbocycles. The summed E-state index contributed by atoms with van der Waals surface area (Å²) in [5, 5.41) is 10.2. The molecule has 14 heavy (non-hydrogen) atoms. The lowest BCUT2D eigenvalue weighted by molar-refractivity contribution is -0.0123. The van der Waals surface area contributed by atoms with Gasteiger partial charge in [-0.15, -0.1) is 0 Å². The number of halogens is 3. The van der Waals surface area contributed by atoms with Crippen molar-refractivity contribution in [2.75, 3.05) is 0 Å². The van der Waals surface area contributed by atoms with E-state index in [0.717, 1.165) is 0 Å². The summed E-state index contributed by atoms with van der Waals surface area (Å²) in [6.45, 7) is 1.36. The Labute approximate surface area is 86.3 Å². The van der Waals surface area contributed by atoms with Crippen molar-refractivity contribution in [1.29, 1.82) is 0 Å². The van der Waals surface area contributed by atoms with Crippen molar-refractivity contribution in [3.8, 4) is 0 Å². The number of hydrogen-bond donors (Lipinski definition) is 1. The summed E-state index contributed by atoms with van der Waals surface area (Å²) in [5.74, 6) is 0. The number of aliphatic hydroxyl groups is 1. The summed E-state index contributed by atoms with van der Waals surface area (Å²) in [6, 6.07) is 6.23. The van der Waals surface area contributed by atoms with E-state index in [9.17, 15) is 13.9 Å². The molecule has 1 aromatic rings. The molecule has 0 spiro atoms. The predicted molar refractivity (Wildman–Crippen MR) is 51.6 cm³/mol. The second kappa shape index (κ2) is 4.24. The zero-order chi connectivity index (χ0) is 10.8. The molecule has 1 nitrogen and oxygen atoms in total. The first-order valence-corrected chi connectivity index (χ1v) is 4.56. The molecule has 0 aromatic heterocycles. The van der Waals surface area contributed by atoms with Gasteiger partial charge in [0.2, 0.25) is 6.43 Å². The van der Waals surface area contributed by atoms with Gasteiger partial charge in [-0.2, -0.15) is 0 Å². The highest BCUT2D eigenvalue weighted by molar-refractivity contribution is 6.30. The molecule has 1 rings (SSSR count). The molecule has 1 N–H and O–H groups in total. The van der Waals surface area contributed by atoms with E-state index in [1.165, 1.54) is 6.92 Å². The fraction of sp³-hybridized carbons (Fsp3) is 0.400. The van der Waals surface area contributed by atoms with Crippen LogP contribution in [0.3, 0.4) is 0 Å². The van der Waals surface area contributed by atoms with Crippen LogP contribution < -0.4 is 0 Å². The van der Waals surface area contributed by atoms with Gasteiger partial charge in [0, 0.05) is 11.4 Å². The average molecular weight is 221 g/mol. The van der Waals surface area contributed by atoms with E-state index in [0.29, 0.717) is 10.6 Å². The molecule has 0 fully saturated rings. The normalized spacial score (nSPS) is 15.6. The number of alkyl halides is 2. The van der Waals surface area contributed by atoms with E-state index in [1.807, 2.05) is 0 Å². The highest BCUT2D eigenvalue weighted by Gasteiger charge is 2.27. The maximum Gasteiger partial charge on any atom is 0.241 e. The summed E-state index contributed by atoms with van der Waals surface area (Å²) >= 11 is 5.64. The molecule has 4 heteroatoms. The van der Waals surface area contributed by atoms with Gasteiger partial charge in [0.1, 0.15) is 0 Å². The van der Waals surface area contributed by atoms with E-state index < -0.39 is 18.4 Å². The maximum atomic E-state index is 12.1. The Balaban J connectivity index is 2.86. The fourth-order valence-corrected chi connectivity index (χ4v) is 1.35. The molecule has 78 valence electrons. The third-order valence-electron chi connectivity index (χ3n) is 2.02. The molecular weight excluding hydrogens is 210 g/mol. The zero-order valence-corrected chi connectivity index (χ0v) is 8.43. The molecule has 0 radical (unpaired) electrons. The average Bonchev–Trinajstić information content (AvgIpc) is 2.02. The zero-order valence-electron chi connectivity index (χ0n) is 7.67. The number of hydrogen-bond acceptors (Lipinski definition) is 1. The summed E-state index contributed by atoms with van der Waals surface area (Å²) in [6.07, 6.45) is -3.10. The molecule has 0 aliphatic carbocycles. The van der Waals surface area contributed by atoms with Crippen LogP contribution >= 0.6 is 11.6 Å². The van der Waals surface area contributed by atoms with Gasteiger partial charge in [0.25, 0.3) is 0 Å². The van der Waals surface area contributed by atoms with E-state index >= 15 is 0 Å². The number of benzene rings is 1. The van der Waals surface area contributed by atoms with Gasteiger partial charge in [0.05, 0.1) is 5.60 Å².